The molecule has 0 bridgehead atoms. The predicted octanol–water partition coefficient (Wildman–Crippen LogP) is 4.83. The molecule has 2 atom stereocenters. The summed E-state index contributed by atoms with van der Waals surface area (Å²) < 4.78 is 0. The Morgan fingerprint density at radius 1 is 1.08 bits per heavy atom. The second-order valence-corrected chi connectivity index (χ2v) is 9.80. The highest BCUT2D eigenvalue weighted by Gasteiger charge is 2.48. The molecular weight excluding hydrogens is 466 g/mol. The predicted molar refractivity (Wildman–Crippen MR) is 147 cm³/mol. The fraction of sp³-hybridized carbons (Fsp3) is 0.333. The van der Waals surface area contributed by atoms with E-state index in [-0.39, 0.29) is 18.8 Å². The van der Waals surface area contributed by atoms with Gasteiger partial charge in [-0.2, -0.15) is 0 Å². The first-order valence-corrected chi connectivity index (χ1v) is 12.4. The Kier molecular flexibility index (Phi) is 8.81. The van der Waals surface area contributed by atoms with Crippen LogP contribution in [0.1, 0.15) is 44.2 Å². The Bertz CT molecular complexity index is 1190. The number of benzene rings is 2. The minimum Gasteiger partial charge on any atom is -0.481 e. The molecule has 0 fully saturated rings. The number of benzodiazepines with no additional fused rings is 1. The van der Waals surface area contributed by atoms with Crippen molar-refractivity contribution < 1.29 is 19.5 Å². The normalized spacial score (nSPS) is 16.3. The highest BCUT2D eigenvalue weighted by atomic mass is 16.4. The zero-order valence-corrected chi connectivity index (χ0v) is 21.7. The molecule has 2 N–H and O–H groups in total. The summed E-state index contributed by atoms with van der Waals surface area (Å²) in [5.74, 6) is -2.94. The highest BCUT2D eigenvalue weighted by molar-refractivity contribution is 6.20. The third kappa shape index (κ3) is 5.71. The Labute approximate surface area is 218 Å². The number of allylic oxidation sites excluding steroid dienone is 2. The van der Waals surface area contributed by atoms with Gasteiger partial charge in [-0.25, -0.2) is 4.99 Å². The monoisotopic (exact) mass is 501 g/mol. The van der Waals surface area contributed by atoms with E-state index in [1.165, 1.54) is 17.1 Å². The van der Waals surface area contributed by atoms with E-state index in [9.17, 15) is 19.5 Å². The molecule has 2 aromatic carbocycles. The number of aliphatic imine (C=N–C) groups is 1. The highest BCUT2D eigenvalue weighted by Crippen LogP contribution is 2.41. The van der Waals surface area contributed by atoms with Gasteiger partial charge in [-0.1, -0.05) is 74.5 Å². The van der Waals surface area contributed by atoms with Gasteiger partial charge in [-0.3, -0.25) is 14.4 Å². The number of fused-ring (bicyclic) bond motifs is 1. The maximum Gasteiger partial charge on any atom is 0.311 e. The van der Waals surface area contributed by atoms with Crippen LogP contribution in [0.25, 0.3) is 0 Å². The first kappa shape index (κ1) is 27.6. The number of anilines is 1. The van der Waals surface area contributed by atoms with Gasteiger partial charge in [-0.05, 0) is 31.2 Å². The summed E-state index contributed by atoms with van der Waals surface area (Å²) in [4.78, 5) is 46.2. The molecule has 3 rings (SSSR count). The Balaban J connectivity index is 2.10. The molecule has 2 aromatic rings. The van der Waals surface area contributed by atoms with Crippen LogP contribution in [0, 0.1) is 17.3 Å². The van der Waals surface area contributed by atoms with Gasteiger partial charge in [0, 0.05) is 18.2 Å². The van der Waals surface area contributed by atoms with Gasteiger partial charge in [0.15, 0.2) is 0 Å². The Morgan fingerprint density at radius 3 is 2.24 bits per heavy atom. The van der Waals surface area contributed by atoms with E-state index in [0.717, 1.165) is 11.1 Å². The molecule has 7 nitrogen and oxygen atoms in total. The first-order valence-electron chi connectivity index (χ1n) is 12.4. The lowest BCUT2D eigenvalue weighted by molar-refractivity contribution is -0.157. The molecule has 0 spiro atoms. The Morgan fingerprint density at radius 2 is 1.68 bits per heavy atom. The molecule has 1 heterocycles. The van der Waals surface area contributed by atoms with E-state index in [1.807, 2.05) is 68.4 Å². The van der Waals surface area contributed by atoms with Crippen LogP contribution in [0.15, 0.2) is 84.9 Å². The summed E-state index contributed by atoms with van der Waals surface area (Å²) >= 11 is 0. The van der Waals surface area contributed by atoms with Crippen molar-refractivity contribution in [2.45, 2.75) is 39.3 Å². The molecule has 2 amide bonds. The number of amides is 2. The maximum atomic E-state index is 13.8. The number of nitrogens with zero attached hydrogens (tertiary/aromatic N) is 2. The van der Waals surface area contributed by atoms with Crippen molar-refractivity contribution in [1.82, 2.24) is 5.32 Å². The number of hydrogen-bond donors (Lipinski definition) is 2. The number of likely N-dealkylation sites (N-methyl/N-ethyl adjacent to an activating group) is 1. The summed E-state index contributed by atoms with van der Waals surface area (Å²) in [6, 6.07) is 16.9. The van der Waals surface area contributed by atoms with E-state index in [0.29, 0.717) is 17.8 Å². The van der Waals surface area contributed by atoms with E-state index >= 15 is 0 Å². The molecular formula is C30H35N3O4. The first-order chi connectivity index (χ1) is 17.7. The number of carbonyl (C=O) groups is 3. The number of hydrogen-bond acceptors (Lipinski definition) is 4. The fourth-order valence-electron chi connectivity index (χ4n) is 4.94. The molecule has 37 heavy (non-hydrogen) atoms. The quantitative estimate of drug-likeness (QED) is 0.431. The molecule has 0 saturated heterocycles. The van der Waals surface area contributed by atoms with Crippen LogP contribution in [-0.4, -0.2) is 41.8 Å². The summed E-state index contributed by atoms with van der Waals surface area (Å²) in [7, 11) is 1.65. The van der Waals surface area contributed by atoms with Crippen LogP contribution in [0.5, 0.6) is 0 Å². The number of carboxylic acids is 1. The smallest absolute Gasteiger partial charge is 0.311 e. The van der Waals surface area contributed by atoms with Crippen LogP contribution in [0.4, 0.5) is 5.69 Å². The number of rotatable bonds is 11. The average Bonchev–Trinajstić information content (AvgIpc) is 2.98. The van der Waals surface area contributed by atoms with Crippen LogP contribution >= 0.6 is 0 Å². The van der Waals surface area contributed by atoms with Crippen LogP contribution < -0.4 is 10.2 Å². The minimum absolute atomic E-state index is 0.0317. The molecule has 7 heteroatoms. The standard InChI is InChI=1S/C30H35N3O4/c1-6-17-30(18-7-2,29(36)37)23(19-20(3)4)27(34)32-26-28(35)33(5)24-16-12-11-15-22(24)25(31-26)21-13-9-8-10-14-21/h6-16,20,23,26H,1-2,17-19H2,3-5H3,(H,32,34)(H,36,37). The Hall–Kier alpha value is -4.00. The van der Waals surface area contributed by atoms with Gasteiger partial charge in [0.25, 0.3) is 5.91 Å². The van der Waals surface area contributed by atoms with Crippen molar-refractivity contribution in [3.8, 4) is 0 Å². The lowest BCUT2D eigenvalue weighted by Gasteiger charge is -2.36. The zero-order chi connectivity index (χ0) is 27.2. The van der Waals surface area contributed by atoms with Crippen molar-refractivity contribution in [3.05, 3.63) is 91.0 Å². The van der Waals surface area contributed by atoms with E-state index in [1.54, 1.807) is 7.05 Å². The lowest BCUT2D eigenvalue weighted by atomic mass is 9.67. The number of nitrogens with one attached hydrogen (secondary N) is 1. The molecule has 0 radical (unpaired) electrons. The topological polar surface area (TPSA) is 99.1 Å². The zero-order valence-electron chi connectivity index (χ0n) is 21.7. The van der Waals surface area contributed by atoms with Crippen molar-refractivity contribution in [2.75, 3.05) is 11.9 Å². The second-order valence-electron chi connectivity index (χ2n) is 9.80. The van der Waals surface area contributed by atoms with E-state index in [4.69, 9.17) is 4.99 Å². The molecule has 0 aliphatic carbocycles. The minimum atomic E-state index is -1.44. The van der Waals surface area contributed by atoms with Gasteiger partial charge in [0.05, 0.1) is 22.7 Å². The van der Waals surface area contributed by atoms with E-state index < -0.39 is 35.3 Å². The SMILES string of the molecule is C=CCC(CC=C)(C(=O)O)C(CC(C)C)C(=O)NC1N=C(c2ccccc2)c2ccccc2N(C)C1=O. The van der Waals surface area contributed by atoms with Crippen molar-refractivity contribution in [3.63, 3.8) is 0 Å². The van der Waals surface area contributed by atoms with Gasteiger partial charge < -0.3 is 15.3 Å². The molecule has 2 unspecified atom stereocenters. The molecule has 1 aliphatic rings. The third-order valence-corrected chi connectivity index (χ3v) is 6.80. The number of aliphatic carboxylic acids is 1. The number of para-hydroxylation sites is 1. The summed E-state index contributed by atoms with van der Waals surface area (Å²) in [6.45, 7) is 11.3. The average molecular weight is 502 g/mol. The maximum absolute atomic E-state index is 13.8. The molecule has 0 aromatic heterocycles. The van der Waals surface area contributed by atoms with Gasteiger partial charge in [-0.15, -0.1) is 13.2 Å². The van der Waals surface area contributed by atoms with Gasteiger partial charge >= 0.3 is 5.97 Å². The number of carbonyl (C=O) groups excluding carboxylic acids is 2. The molecule has 0 saturated carbocycles. The van der Waals surface area contributed by atoms with Crippen LogP contribution in [0.3, 0.4) is 0 Å². The van der Waals surface area contributed by atoms with Gasteiger partial charge in [0.2, 0.25) is 12.1 Å². The summed E-state index contributed by atoms with van der Waals surface area (Å²) in [5.41, 5.74) is 1.37. The van der Waals surface area contributed by atoms with Crippen molar-refractivity contribution in [2.24, 2.45) is 22.2 Å². The number of carboxylic acid groups (broad SMARTS) is 1. The molecule has 1 aliphatic heterocycles. The lowest BCUT2D eigenvalue weighted by Crippen LogP contribution is -2.52. The second kappa shape index (κ2) is 11.8. The fourth-order valence-corrected chi connectivity index (χ4v) is 4.94. The van der Waals surface area contributed by atoms with Crippen LogP contribution in [-0.2, 0) is 14.4 Å². The third-order valence-electron chi connectivity index (χ3n) is 6.80. The largest absolute Gasteiger partial charge is 0.481 e. The van der Waals surface area contributed by atoms with Crippen LogP contribution in [0.2, 0.25) is 0 Å². The van der Waals surface area contributed by atoms with Crippen molar-refractivity contribution >= 4 is 29.2 Å². The van der Waals surface area contributed by atoms with Crippen molar-refractivity contribution in [1.29, 1.82) is 0 Å². The van der Waals surface area contributed by atoms with Gasteiger partial charge in [0.1, 0.15) is 0 Å². The summed E-state index contributed by atoms with van der Waals surface area (Å²) in [6.07, 6.45) is 2.29. The molecule has 194 valence electrons. The van der Waals surface area contributed by atoms with E-state index in [2.05, 4.69) is 18.5 Å². The summed E-state index contributed by atoms with van der Waals surface area (Å²) in [5, 5.41) is 13.1.